The van der Waals surface area contributed by atoms with Crippen molar-refractivity contribution in [3.63, 3.8) is 0 Å². The second kappa shape index (κ2) is 45.3. The average molecular weight is 1480 g/mol. The van der Waals surface area contributed by atoms with Crippen LogP contribution in [-0.4, -0.2) is 39.3 Å². The molecule has 0 saturated carbocycles. The Balaban J connectivity index is 0.000000180. The highest BCUT2D eigenvalue weighted by Crippen LogP contribution is 2.25. The van der Waals surface area contributed by atoms with E-state index in [9.17, 15) is 52.7 Å². The molecule has 0 aliphatic heterocycles. The van der Waals surface area contributed by atoms with Crippen LogP contribution in [0.5, 0.6) is 0 Å². The van der Waals surface area contributed by atoms with E-state index in [0.717, 1.165) is 72.3 Å². The van der Waals surface area contributed by atoms with Gasteiger partial charge < -0.3 is 34.4 Å². The summed E-state index contributed by atoms with van der Waals surface area (Å²) in [6.45, 7) is 2.60. The lowest BCUT2D eigenvalue weighted by Crippen LogP contribution is -2.08. The smallest absolute Gasteiger partial charge is 0.126 e. The number of halogens is 12. The fourth-order valence-electron chi connectivity index (χ4n) is 12.1. The summed E-state index contributed by atoms with van der Waals surface area (Å²) in [5.74, 6) is -3.07. The van der Waals surface area contributed by atoms with Gasteiger partial charge in [-0.3, -0.25) is 0 Å². The topological polar surface area (TPSA) is 156 Å². The summed E-state index contributed by atoms with van der Waals surface area (Å²) in [7, 11) is 0. The molecule has 18 heteroatoms. The minimum absolute atomic E-state index is 0.222. The molecular formula is C90H90F12N6. The fraction of sp³-hybridized carbons (Fsp3) is 0.200. The van der Waals surface area contributed by atoms with Crippen molar-refractivity contribution in [2.45, 2.75) is 77.0 Å². The first-order valence-corrected chi connectivity index (χ1v) is 35.5. The molecule has 12 rings (SSSR count). The summed E-state index contributed by atoms with van der Waals surface area (Å²) in [6.07, 6.45) is 6.57. The van der Waals surface area contributed by atoms with Gasteiger partial charge in [-0.25, -0.2) is 52.7 Å². The summed E-state index contributed by atoms with van der Waals surface area (Å²) in [6, 6.07) is 67.4. The van der Waals surface area contributed by atoms with Gasteiger partial charge in [-0.15, -0.1) is 0 Å². The van der Waals surface area contributed by atoms with Crippen LogP contribution in [-0.2, 0) is 77.0 Å². The number of rotatable bonds is 24. The van der Waals surface area contributed by atoms with Gasteiger partial charge in [0.25, 0.3) is 0 Å². The molecular weight excluding hydrogens is 1390 g/mol. The molecule has 0 bridgehead atoms. The SMILES string of the molecule is NCCc1c(F)cccc1Cc1ccc(F)cc1.NCCc1c(F)cccc1Cc1cccc(F)c1.NCCc1c(F)cccc1Cc1ccccc1F.NCCc1cc(F)ccc1Cc1ccc(F)cc1.NCCc1cc(F)ccc1Cc1cccc(F)c1.NCCc1cc(F)ccc1Cc1ccccc1F. The zero-order valence-electron chi connectivity index (χ0n) is 60.0. The van der Waals surface area contributed by atoms with Gasteiger partial charge in [0.2, 0.25) is 0 Å². The molecule has 0 amide bonds. The Morgan fingerprint density at radius 1 is 0.167 bits per heavy atom. The molecule has 0 aliphatic rings. The molecule has 564 valence electrons. The number of hydrogen-bond donors (Lipinski definition) is 6. The summed E-state index contributed by atoms with van der Waals surface area (Å²) < 4.78 is 160. The van der Waals surface area contributed by atoms with E-state index < -0.39 is 0 Å². The monoisotopic (exact) mass is 1480 g/mol. The predicted molar refractivity (Wildman–Crippen MR) is 410 cm³/mol. The van der Waals surface area contributed by atoms with Gasteiger partial charge in [-0.05, 0) is 319 Å². The highest BCUT2D eigenvalue weighted by atomic mass is 19.2. The average Bonchev–Trinajstić information content (AvgIpc) is 0.874. The summed E-state index contributed by atoms with van der Waals surface area (Å²) in [4.78, 5) is 0. The molecule has 0 aromatic heterocycles. The summed E-state index contributed by atoms with van der Waals surface area (Å²) >= 11 is 0. The molecule has 6 nitrogen and oxygen atoms in total. The van der Waals surface area contributed by atoms with Gasteiger partial charge in [0.1, 0.15) is 69.8 Å². The fourth-order valence-corrected chi connectivity index (χ4v) is 12.1. The van der Waals surface area contributed by atoms with Crippen LogP contribution in [0.25, 0.3) is 0 Å². The standard InChI is InChI=1S/6C15H15F2N/c16-14-4-1-11(2-5-14)9-12-3-6-15(17)10-13(12)7-8-18;16-13-5-1-3-11(10-13)9-12-4-2-6-15(17)14(12)7-8-18;16-14-6-2-1-4-12(14)10-11-5-3-7-15(17)13(11)8-9-18;16-13-6-4-11(5-7-13)10-12-2-1-3-15(17)14(12)8-9-18;16-14-3-1-2-11(9-14)8-12-4-5-15(17)10-13(12)6-7-18;16-14-6-5-11(12(10-14)7-8-18)9-13-3-1-2-4-15(13)17/h2*1-6,10H,7-9,18H2;2*1-7H,8-10,18H2;1-5,9-10H,6-8,18H2;1-6,10H,7-9,18H2. The van der Waals surface area contributed by atoms with Gasteiger partial charge in [-0.1, -0.05) is 140 Å². The van der Waals surface area contributed by atoms with Crippen LogP contribution in [0.3, 0.4) is 0 Å². The maximum atomic E-state index is 13.7. The first-order valence-electron chi connectivity index (χ1n) is 35.5. The quantitative estimate of drug-likeness (QED) is 0.0331. The Morgan fingerprint density at radius 3 is 0.750 bits per heavy atom. The van der Waals surface area contributed by atoms with E-state index >= 15 is 0 Å². The van der Waals surface area contributed by atoms with E-state index in [1.54, 1.807) is 109 Å². The first-order chi connectivity index (χ1) is 52.2. The number of nitrogens with two attached hydrogens (primary N) is 6. The van der Waals surface area contributed by atoms with Crippen LogP contribution >= 0.6 is 0 Å². The third-order valence-corrected chi connectivity index (χ3v) is 17.4. The number of benzene rings is 12. The van der Waals surface area contributed by atoms with Gasteiger partial charge in [0, 0.05) is 12.8 Å². The van der Waals surface area contributed by atoms with Crippen LogP contribution < -0.4 is 34.4 Å². The Morgan fingerprint density at radius 2 is 0.417 bits per heavy atom. The lowest BCUT2D eigenvalue weighted by molar-refractivity contribution is 0.601. The highest BCUT2D eigenvalue weighted by molar-refractivity contribution is 5.40. The van der Waals surface area contributed by atoms with Crippen LogP contribution in [0, 0.1) is 69.8 Å². The van der Waals surface area contributed by atoms with Crippen molar-refractivity contribution >= 4 is 0 Å². The van der Waals surface area contributed by atoms with Crippen molar-refractivity contribution in [1.29, 1.82) is 0 Å². The van der Waals surface area contributed by atoms with Gasteiger partial charge in [0.15, 0.2) is 0 Å². The summed E-state index contributed by atoms with van der Waals surface area (Å²) in [5.41, 5.74) is 47.9. The summed E-state index contributed by atoms with van der Waals surface area (Å²) in [5, 5.41) is 0. The maximum Gasteiger partial charge on any atom is 0.126 e. The van der Waals surface area contributed by atoms with Gasteiger partial charge in [0.05, 0.1) is 0 Å². The molecule has 12 N–H and O–H groups in total. The first kappa shape index (κ1) is 84.8. The normalized spacial score (nSPS) is 10.6. The largest absolute Gasteiger partial charge is 0.330 e. The third-order valence-electron chi connectivity index (χ3n) is 17.4. The minimum atomic E-state index is -0.282. The van der Waals surface area contributed by atoms with E-state index in [-0.39, 0.29) is 69.8 Å². The number of hydrogen-bond acceptors (Lipinski definition) is 6. The van der Waals surface area contributed by atoms with E-state index in [1.807, 2.05) is 30.3 Å². The highest BCUT2D eigenvalue weighted by Gasteiger charge is 2.15. The maximum absolute atomic E-state index is 13.7. The molecule has 12 aromatic rings. The second-order valence-electron chi connectivity index (χ2n) is 25.4. The molecule has 0 atom stereocenters. The van der Waals surface area contributed by atoms with Crippen molar-refractivity contribution in [3.05, 3.63) is 425 Å². The van der Waals surface area contributed by atoms with E-state index in [2.05, 4.69) is 0 Å². The minimum Gasteiger partial charge on any atom is -0.330 e. The molecule has 0 aliphatic carbocycles. The van der Waals surface area contributed by atoms with Crippen molar-refractivity contribution in [1.82, 2.24) is 0 Å². The lowest BCUT2D eigenvalue weighted by atomic mass is 9.97. The van der Waals surface area contributed by atoms with Crippen LogP contribution in [0.2, 0.25) is 0 Å². The Labute approximate surface area is 625 Å². The lowest BCUT2D eigenvalue weighted by Gasteiger charge is -2.10. The Hall–Kier alpha value is -10.4. The predicted octanol–water partition coefficient (Wildman–Crippen LogP) is 18.3. The van der Waals surface area contributed by atoms with Crippen LogP contribution in [0.1, 0.15) is 100 Å². The third kappa shape index (κ3) is 28.0. The van der Waals surface area contributed by atoms with Crippen molar-refractivity contribution in [2.75, 3.05) is 39.3 Å². The van der Waals surface area contributed by atoms with Crippen LogP contribution in [0.4, 0.5) is 52.7 Å². The van der Waals surface area contributed by atoms with Crippen LogP contribution in [0.15, 0.2) is 255 Å². The molecule has 0 heterocycles. The van der Waals surface area contributed by atoms with Gasteiger partial charge >= 0.3 is 0 Å². The molecule has 0 saturated heterocycles. The molecule has 0 fully saturated rings. The molecule has 108 heavy (non-hydrogen) atoms. The Kier molecular flexibility index (Phi) is 35.6. The molecule has 0 spiro atoms. The zero-order valence-corrected chi connectivity index (χ0v) is 60.0. The van der Waals surface area contributed by atoms with E-state index in [4.69, 9.17) is 34.4 Å². The second-order valence-corrected chi connectivity index (χ2v) is 25.4. The zero-order chi connectivity index (χ0) is 77.7. The van der Waals surface area contributed by atoms with Crippen molar-refractivity contribution < 1.29 is 52.7 Å². The van der Waals surface area contributed by atoms with E-state index in [0.29, 0.717) is 144 Å². The Bertz CT molecular complexity index is 4730. The van der Waals surface area contributed by atoms with Crippen molar-refractivity contribution in [3.8, 4) is 0 Å². The molecule has 12 aromatic carbocycles. The van der Waals surface area contributed by atoms with Gasteiger partial charge in [-0.2, -0.15) is 0 Å². The van der Waals surface area contributed by atoms with Crippen molar-refractivity contribution in [2.24, 2.45) is 34.4 Å². The molecule has 0 unspecified atom stereocenters. The molecule has 0 radical (unpaired) electrons. The van der Waals surface area contributed by atoms with E-state index in [1.165, 1.54) is 115 Å².